The largest absolute Gasteiger partial charge is 0.478 e. The van der Waals surface area contributed by atoms with Crippen LogP contribution in [-0.4, -0.2) is 15.6 Å². The molecule has 0 unspecified atom stereocenters. The van der Waals surface area contributed by atoms with Crippen molar-refractivity contribution in [1.82, 2.24) is 4.57 Å². The number of carboxylic acids is 1. The fourth-order valence-electron chi connectivity index (χ4n) is 1.85. The van der Waals surface area contributed by atoms with Crippen molar-refractivity contribution in [1.29, 1.82) is 0 Å². The predicted molar refractivity (Wildman–Crippen MR) is 67.0 cm³/mol. The Labute approximate surface area is 102 Å². The molecule has 0 bridgehead atoms. The maximum atomic E-state index is 11.1. The standard InChI is InChI=1S/C12H12BrNO2/c1-7(2)14-6-9(12(15)16)8-4-3-5-10(13)11(8)14/h3-7H,1-2H3,(H,15,16). The number of para-hydroxylation sites is 1. The fraction of sp³-hybridized carbons (Fsp3) is 0.250. The first kappa shape index (κ1) is 11.2. The molecule has 2 rings (SSSR count). The van der Waals surface area contributed by atoms with Crippen LogP contribution in [0.15, 0.2) is 28.9 Å². The molecule has 0 aliphatic carbocycles. The summed E-state index contributed by atoms with van der Waals surface area (Å²) < 4.78 is 2.90. The number of hydrogen-bond acceptors (Lipinski definition) is 1. The zero-order valence-corrected chi connectivity index (χ0v) is 10.7. The van der Waals surface area contributed by atoms with Gasteiger partial charge in [0.25, 0.3) is 0 Å². The molecule has 0 radical (unpaired) electrons. The highest BCUT2D eigenvalue weighted by molar-refractivity contribution is 9.10. The molecular formula is C12H12BrNO2. The monoisotopic (exact) mass is 281 g/mol. The van der Waals surface area contributed by atoms with Crippen LogP contribution in [0.2, 0.25) is 0 Å². The Hall–Kier alpha value is -1.29. The van der Waals surface area contributed by atoms with Crippen molar-refractivity contribution in [2.75, 3.05) is 0 Å². The van der Waals surface area contributed by atoms with Crippen molar-refractivity contribution in [3.8, 4) is 0 Å². The van der Waals surface area contributed by atoms with Gasteiger partial charge in [0, 0.05) is 22.1 Å². The van der Waals surface area contributed by atoms with Gasteiger partial charge in [-0.05, 0) is 35.8 Å². The van der Waals surface area contributed by atoms with Gasteiger partial charge in [-0.15, -0.1) is 0 Å². The van der Waals surface area contributed by atoms with E-state index in [9.17, 15) is 4.79 Å². The molecule has 1 N–H and O–H groups in total. The van der Waals surface area contributed by atoms with Crippen LogP contribution in [0.5, 0.6) is 0 Å². The number of carbonyl (C=O) groups is 1. The molecule has 0 saturated carbocycles. The van der Waals surface area contributed by atoms with Crippen molar-refractivity contribution in [3.63, 3.8) is 0 Å². The minimum absolute atomic E-state index is 0.231. The molecule has 16 heavy (non-hydrogen) atoms. The summed E-state index contributed by atoms with van der Waals surface area (Å²) in [6, 6.07) is 5.84. The van der Waals surface area contributed by atoms with Crippen molar-refractivity contribution >= 4 is 32.8 Å². The second kappa shape index (κ2) is 3.94. The highest BCUT2D eigenvalue weighted by atomic mass is 79.9. The summed E-state index contributed by atoms with van der Waals surface area (Å²) in [5.41, 5.74) is 1.29. The molecule has 0 amide bonds. The number of rotatable bonds is 2. The van der Waals surface area contributed by atoms with Crippen LogP contribution in [0.1, 0.15) is 30.2 Å². The highest BCUT2D eigenvalue weighted by Gasteiger charge is 2.16. The molecule has 3 nitrogen and oxygen atoms in total. The van der Waals surface area contributed by atoms with E-state index in [4.69, 9.17) is 5.11 Å². The zero-order chi connectivity index (χ0) is 11.9. The number of halogens is 1. The van der Waals surface area contributed by atoms with Gasteiger partial charge in [-0.1, -0.05) is 12.1 Å². The first-order chi connectivity index (χ1) is 7.52. The summed E-state index contributed by atoms with van der Waals surface area (Å²) in [6.45, 7) is 4.06. The van der Waals surface area contributed by atoms with E-state index < -0.39 is 5.97 Å². The van der Waals surface area contributed by atoms with E-state index in [1.54, 1.807) is 6.20 Å². The Balaban J connectivity index is 2.87. The van der Waals surface area contributed by atoms with Crippen LogP contribution in [0.25, 0.3) is 10.9 Å². The molecule has 0 fully saturated rings. The Morgan fingerprint density at radius 2 is 2.12 bits per heavy atom. The summed E-state index contributed by atoms with van der Waals surface area (Å²) in [6.07, 6.45) is 1.70. The lowest BCUT2D eigenvalue weighted by atomic mass is 10.2. The Morgan fingerprint density at radius 1 is 1.44 bits per heavy atom. The molecular weight excluding hydrogens is 270 g/mol. The average Bonchev–Trinajstić information content (AvgIpc) is 2.58. The van der Waals surface area contributed by atoms with Gasteiger partial charge in [-0.25, -0.2) is 4.79 Å². The van der Waals surface area contributed by atoms with Gasteiger partial charge in [0.15, 0.2) is 0 Å². The van der Waals surface area contributed by atoms with Crippen molar-refractivity contribution in [2.24, 2.45) is 0 Å². The van der Waals surface area contributed by atoms with Crippen LogP contribution in [0.3, 0.4) is 0 Å². The first-order valence-corrected chi connectivity index (χ1v) is 5.84. The topological polar surface area (TPSA) is 42.2 Å². The summed E-state index contributed by atoms with van der Waals surface area (Å²) in [7, 11) is 0. The minimum Gasteiger partial charge on any atom is -0.478 e. The van der Waals surface area contributed by atoms with Gasteiger partial charge >= 0.3 is 5.97 Å². The van der Waals surface area contributed by atoms with Crippen LogP contribution >= 0.6 is 15.9 Å². The molecule has 1 aromatic carbocycles. The van der Waals surface area contributed by atoms with E-state index in [0.29, 0.717) is 5.56 Å². The van der Waals surface area contributed by atoms with E-state index in [1.165, 1.54) is 0 Å². The second-order valence-corrected chi connectivity index (χ2v) is 4.84. The third kappa shape index (κ3) is 1.63. The average molecular weight is 282 g/mol. The molecule has 2 aromatic rings. The normalized spacial score (nSPS) is 11.2. The van der Waals surface area contributed by atoms with Gasteiger partial charge in [0.2, 0.25) is 0 Å². The van der Waals surface area contributed by atoms with Crippen LogP contribution < -0.4 is 0 Å². The lowest BCUT2D eigenvalue weighted by molar-refractivity contribution is 0.0699. The molecule has 0 spiro atoms. The fourth-order valence-corrected chi connectivity index (χ4v) is 2.42. The van der Waals surface area contributed by atoms with Crippen molar-refractivity contribution < 1.29 is 9.90 Å². The van der Waals surface area contributed by atoms with Crippen LogP contribution in [0, 0.1) is 0 Å². The minimum atomic E-state index is -0.887. The van der Waals surface area contributed by atoms with Crippen molar-refractivity contribution in [2.45, 2.75) is 19.9 Å². The van der Waals surface area contributed by atoms with Gasteiger partial charge in [0.1, 0.15) is 0 Å². The number of benzene rings is 1. The second-order valence-electron chi connectivity index (χ2n) is 3.98. The molecule has 84 valence electrons. The van der Waals surface area contributed by atoms with E-state index in [1.807, 2.05) is 36.6 Å². The molecule has 0 aliphatic heterocycles. The maximum absolute atomic E-state index is 11.1. The van der Waals surface area contributed by atoms with E-state index >= 15 is 0 Å². The molecule has 0 saturated heterocycles. The maximum Gasteiger partial charge on any atom is 0.337 e. The number of hydrogen-bond donors (Lipinski definition) is 1. The van der Waals surface area contributed by atoms with E-state index in [-0.39, 0.29) is 6.04 Å². The van der Waals surface area contributed by atoms with E-state index in [0.717, 1.165) is 15.4 Å². The number of carboxylic acid groups (broad SMARTS) is 1. The van der Waals surface area contributed by atoms with Crippen molar-refractivity contribution in [3.05, 3.63) is 34.4 Å². The Morgan fingerprint density at radius 3 is 2.69 bits per heavy atom. The lowest BCUT2D eigenvalue weighted by Crippen LogP contribution is -1.99. The first-order valence-electron chi connectivity index (χ1n) is 5.04. The molecule has 0 atom stereocenters. The highest BCUT2D eigenvalue weighted by Crippen LogP contribution is 2.30. The van der Waals surface area contributed by atoms with Crippen LogP contribution in [0.4, 0.5) is 0 Å². The summed E-state index contributed by atoms with van der Waals surface area (Å²) in [5.74, 6) is -0.887. The zero-order valence-electron chi connectivity index (χ0n) is 9.07. The van der Waals surface area contributed by atoms with E-state index in [2.05, 4.69) is 15.9 Å². The summed E-state index contributed by atoms with van der Waals surface area (Å²) >= 11 is 3.46. The molecule has 1 aromatic heterocycles. The van der Waals surface area contributed by atoms with Gasteiger partial charge in [0.05, 0.1) is 11.1 Å². The smallest absolute Gasteiger partial charge is 0.337 e. The third-order valence-electron chi connectivity index (χ3n) is 2.59. The summed E-state index contributed by atoms with van der Waals surface area (Å²) in [4.78, 5) is 11.1. The van der Waals surface area contributed by atoms with Gasteiger partial charge in [-0.2, -0.15) is 0 Å². The Kier molecular flexibility index (Phi) is 2.76. The number of fused-ring (bicyclic) bond motifs is 1. The number of nitrogens with zero attached hydrogens (tertiary/aromatic N) is 1. The molecule has 4 heteroatoms. The van der Waals surface area contributed by atoms with Crippen LogP contribution in [-0.2, 0) is 0 Å². The van der Waals surface area contributed by atoms with Gasteiger partial charge in [-0.3, -0.25) is 0 Å². The number of aromatic nitrogens is 1. The predicted octanol–water partition coefficient (Wildman–Crippen LogP) is 3.68. The number of aromatic carboxylic acids is 1. The SMILES string of the molecule is CC(C)n1cc(C(=O)O)c2cccc(Br)c21. The Bertz CT molecular complexity index is 557. The quantitative estimate of drug-likeness (QED) is 0.912. The third-order valence-corrected chi connectivity index (χ3v) is 3.23. The molecule has 0 aliphatic rings. The lowest BCUT2D eigenvalue weighted by Gasteiger charge is -2.09. The summed E-state index contributed by atoms with van der Waals surface area (Å²) in [5, 5.41) is 9.91. The van der Waals surface area contributed by atoms with Gasteiger partial charge < -0.3 is 9.67 Å². The molecule has 1 heterocycles.